The first-order valence-corrected chi connectivity index (χ1v) is 2.54. The van der Waals surface area contributed by atoms with Crippen molar-refractivity contribution in [3.63, 3.8) is 0 Å². The zero-order valence-corrected chi connectivity index (χ0v) is 4.83. The van der Waals surface area contributed by atoms with Crippen molar-refractivity contribution in [2.24, 2.45) is 20.7 Å². The van der Waals surface area contributed by atoms with E-state index in [1.165, 1.54) is 0 Å². The van der Waals surface area contributed by atoms with Gasteiger partial charge in [0.25, 0.3) is 0 Å². The quantitative estimate of drug-likeness (QED) is 0.578. The maximum absolute atomic E-state index is 3.50. The summed E-state index contributed by atoms with van der Waals surface area (Å²) in [6.07, 6.45) is 0. The summed E-state index contributed by atoms with van der Waals surface area (Å²) < 4.78 is -0.0926. The molecule has 0 amide bonds. The van der Waals surface area contributed by atoms with Crippen LogP contribution < -0.4 is 0 Å². The fourth-order valence-corrected chi connectivity index (χ4v) is 0.370. The fourth-order valence-electron chi connectivity index (χ4n) is 0.147. The van der Waals surface area contributed by atoms with Crippen molar-refractivity contribution >= 4 is 0 Å². The van der Waals surface area contributed by atoms with Gasteiger partial charge < -0.3 is 0 Å². The molecule has 0 aliphatic carbocycles. The van der Waals surface area contributed by atoms with Crippen LogP contribution in [0.25, 0.3) is 0 Å². The summed E-state index contributed by atoms with van der Waals surface area (Å²) in [6.45, 7) is 0. The van der Waals surface area contributed by atoms with E-state index < -0.39 is 0 Å². The molecule has 0 aromatic heterocycles. The third-order valence-corrected chi connectivity index (χ3v) is 0.817. The molecule has 4 nitrogen and oxygen atoms in total. The summed E-state index contributed by atoms with van der Waals surface area (Å²) >= 11 is 2.17. The molecule has 1 heterocycles. The van der Waals surface area contributed by atoms with E-state index in [0.29, 0.717) is 0 Å². The molecule has 0 bridgehead atoms. The van der Waals surface area contributed by atoms with E-state index >= 15 is 0 Å². The van der Waals surface area contributed by atoms with Crippen LogP contribution in [0, 0.1) is 0 Å². The Morgan fingerprint density at radius 3 is 1.83 bits per heavy atom. The van der Waals surface area contributed by atoms with E-state index in [0.717, 1.165) is 0 Å². The molecular formula is CHAuN4. The van der Waals surface area contributed by atoms with Crippen LogP contribution >= 0.6 is 0 Å². The zero-order chi connectivity index (χ0) is 4.41. The summed E-state index contributed by atoms with van der Waals surface area (Å²) in [5, 5.41) is 13.5. The van der Waals surface area contributed by atoms with E-state index in [9.17, 15) is 0 Å². The van der Waals surface area contributed by atoms with Gasteiger partial charge in [0.05, 0.1) is 0 Å². The molecule has 1 aliphatic heterocycles. The van der Waals surface area contributed by atoms with Crippen molar-refractivity contribution in [3.05, 3.63) is 0 Å². The van der Waals surface area contributed by atoms with Gasteiger partial charge in [-0.05, 0) is 0 Å². The molecule has 5 heteroatoms. The van der Waals surface area contributed by atoms with Crippen LogP contribution in [-0.4, -0.2) is 4.38 Å². The molecule has 0 saturated heterocycles. The molecule has 1 rings (SSSR count). The van der Waals surface area contributed by atoms with Crippen LogP contribution in [0.5, 0.6) is 0 Å². The van der Waals surface area contributed by atoms with Gasteiger partial charge in [-0.25, -0.2) is 0 Å². The van der Waals surface area contributed by atoms with Gasteiger partial charge in [-0.1, -0.05) is 0 Å². The molecule has 0 atom stereocenters. The SMILES string of the molecule is [Au][CH]1N=NN=N1. The Balaban J connectivity index is 2.60. The topological polar surface area (TPSA) is 49.4 Å². The Morgan fingerprint density at radius 1 is 1.17 bits per heavy atom. The van der Waals surface area contributed by atoms with Gasteiger partial charge in [0, 0.05) is 0 Å². The molecule has 0 spiro atoms. The van der Waals surface area contributed by atoms with Gasteiger partial charge in [0.15, 0.2) is 0 Å². The summed E-state index contributed by atoms with van der Waals surface area (Å²) in [7, 11) is 0. The minimum atomic E-state index is -0.0926. The van der Waals surface area contributed by atoms with E-state index in [2.05, 4.69) is 41.7 Å². The Bertz CT molecular complexity index is 83.7. The summed E-state index contributed by atoms with van der Waals surface area (Å²) in [6, 6.07) is 0. The van der Waals surface area contributed by atoms with Gasteiger partial charge in [0.1, 0.15) is 0 Å². The van der Waals surface area contributed by atoms with E-state index in [4.69, 9.17) is 0 Å². The zero-order valence-electron chi connectivity index (χ0n) is 2.67. The van der Waals surface area contributed by atoms with Crippen molar-refractivity contribution in [3.8, 4) is 0 Å². The Morgan fingerprint density at radius 2 is 1.67 bits per heavy atom. The van der Waals surface area contributed by atoms with Crippen molar-refractivity contribution in [1.29, 1.82) is 0 Å². The fraction of sp³-hybridized carbons (Fsp3) is 1.00. The van der Waals surface area contributed by atoms with Crippen molar-refractivity contribution in [2.75, 3.05) is 0 Å². The van der Waals surface area contributed by atoms with E-state index in [1.807, 2.05) is 0 Å². The molecule has 0 aromatic rings. The summed E-state index contributed by atoms with van der Waals surface area (Å²) in [4.78, 5) is 0. The Hall–Kier alpha value is -0.0597. The normalized spacial score (nSPS) is 20.3. The molecule has 0 unspecified atom stereocenters. The number of hydrogen-bond donors (Lipinski definition) is 0. The second-order valence-corrected chi connectivity index (χ2v) is 1.80. The van der Waals surface area contributed by atoms with Gasteiger partial charge in [-0.2, -0.15) is 0 Å². The molecule has 0 saturated carbocycles. The monoisotopic (exact) mass is 266 g/mol. The van der Waals surface area contributed by atoms with Crippen LogP contribution in [0.4, 0.5) is 0 Å². The molecular weight excluding hydrogens is 265 g/mol. The second-order valence-electron chi connectivity index (χ2n) is 0.681. The van der Waals surface area contributed by atoms with Crippen LogP contribution in [0.3, 0.4) is 0 Å². The third kappa shape index (κ3) is 0.707. The van der Waals surface area contributed by atoms with Gasteiger partial charge in [0.2, 0.25) is 0 Å². The first-order chi connectivity index (χ1) is 2.89. The van der Waals surface area contributed by atoms with Gasteiger partial charge in [-0.3, -0.25) is 0 Å². The summed E-state index contributed by atoms with van der Waals surface area (Å²) in [5.41, 5.74) is 0. The molecule has 0 radical (unpaired) electrons. The average molecular weight is 266 g/mol. The standard InChI is InChI=1S/CHN4.Au/c1-2-4-5-3-1;/h1H;. The number of nitrogens with zero attached hydrogens (tertiary/aromatic N) is 4. The van der Waals surface area contributed by atoms with E-state index in [1.54, 1.807) is 0 Å². The Kier molecular flexibility index (Phi) is 1.09. The third-order valence-electron chi connectivity index (χ3n) is 0.316. The number of rotatable bonds is 0. The van der Waals surface area contributed by atoms with Crippen molar-refractivity contribution < 1.29 is 21.1 Å². The van der Waals surface area contributed by atoms with Crippen molar-refractivity contribution in [1.82, 2.24) is 0 Å². The first-order valence-electron chi connectivity index (χ1n) is 1.29. The van der Waals surface area contributed by atoms with Crippen LogP contribution in [0.1, 0.15) is 0 Å². The molecule has 36 valence electrons. The molecule has 6 heavy (non-hydrogen) atoms. The molecule has 0 N–H and O–H groups in total. The maximum atomic E-state index is 3.50. The molecule has 1 aliphatic rings. The Labute approximate surface area is 46.6 Å². The average Bonchev–Trinajstić information content (AvgIpc) is 1.86. The van der Waals surface area contributed by atoms with Crippen LogP contribution in [0.15, 0.2) is 20.7 Å². The van der Waals surface area contributed by atoms with Gasteiger partial charge in [-0.15, -0.1) is 0 Å². The predicted molar refractivity (Wildman–Crippen MR) is 13.5 cm³/mol. The van der Waals surface area contributed by atoms with Crippen LogP contribution in [-0.2, 0) is 21.1 Å². The first kappa shape index (κ1) is 4.11. The second kappa shape index (κ2) is 1.59. The summed E-state index contributed by atoms with van der Waals surface area (Å²) in [5.74, 6) is 0. The van der Waals surface area contributed by atoms with Crippen LogP contribution in [0.2, 0.25) is 0 Å². The molecule has 0 aromatic carbocycles. The number of hydrogen-bond acceptors (Lipinski definition) is 4. The van der Waals surface area contributed by atoms with E-state index in [-0.39, 0.29) is 4.38 Å². The van der Waals surface area contributed by atoms with Gasteiger partial charge >= 0.3 is 46.1 Å². The predicted octanol–water partition coefficient (Wildman–Crippen LogP) is 0.650. The molecule has 0 fully saturated rings. The van der Waals surface area contributed by atoms with Crippen molar-refractivity contribution in [2.45, 2.75) is 4.38 Å². The minimum absolute atomic E-state index is 0.0926.